The van der Waals surface area contributed by atoms with Gasteiger partial charge in [0.1, 0.15) is 5.75 Å². The van der Waals surface area contributed by atoms with E-state index >= 15 is 0 Å². The van der Waals surface area contributed by atoms with Crippen LogP contribution in [-0.2, 0) is 4.74 Å². The van der Waals surface area contributed by atoms with Crippen LogP contribution in [-0.4, -0.2) is 43.7 Å². The average Bonchev–Trinajstić information content (AvgIpc) is 2.62. The number of nitrogens with zero attached hydrogens (tertiary/aromatic N) is 1. The van der Waals surface area contributed by atoms with Gasteiger partial charge in [0.15, 0.2) is 0 Å². The van der Waals surface area contributed by atoms with E-state index in [2.05, 4.69) is 13.5 Å². The Bertz CT molecular complexity index is 521. The van der Waals surface area contributed by atoms with Gasteiger partial charge in [-0.15, -0.1) is 6.58 Å². The third-order valence-corrected chi connectivity index (χ3v) is 4.34. The maximum Gasteiger partial charge on any atom is 0.253 e. The van der Waals surface area contributed by atoms with Crippen molar-refractivity contribution in [3.63, 3.8) is 0 Å². The highest BCUT2D eigenvalue weighted by Gasteiger charge is 2.23. The summed E-state index contributed by atoms with van der Waals surface area (Å²) in [5.41, 5.74) is 0.713. The predicted octanol–water partition coefficient (Wildman–Crippen LogP) is 3.92. The number of likely N-dealkylation sites (tertiary alicyclic amines) is 1. The summed E-state index contributed by atoms with van der Waals surface area (Å²) in [5, 5.41) is 0. The van der Waals surface area contributed by atoms with E-state index < -0.39 is 0 Å². The smallest absolute Gasteiger partial charge is 0.253 e. The normalized spacial score (nSPS) is 15.3. The summed E-state index contributed by atoms with van der Waals surface area (Å²) in [6.45, 7) is 9.43. The van der Waals surface area contributed by atoms with Gasteiger partial charge in [-0.2, -0.15) is 0 Å². The lowest BCUT2D eigenvalue weighted by atomic mass is 9.97. The molecule has 0 N–H and O–H groups in total. The zero-order chi connectivity index (χ0) is 17.2. The van der Waals surface area contributed by atoms with Crippen LogP contribution >= 0.6 is 0 Å². The van der Waals surface area contributed by atoms with Crippen molar-refractivity contribution >= 4 is 5.91 Å². The zero-order valence-electron chi connectivity index (χ0n) is 14.7. The SMILES string of the molecule is C=CCOCC1CCN(C(=O)c2cccc(OCCCC)c2)CC1. The van der Waals surface area contributed by atoms with Crippen LogP contribution in [0.2, 0.25) is 0 Å². The summed E-state index contributed by atoms with van der Waals surface area (Å²) in [7, 11) is 0. The Morgan fingerprint density at radius 1 is 1.38 bits per heavy atom. The van der Waals surface area contributed by atoms with Crippen molar-refractivity contribution in [3.8, 4) is 5.75 Å². The molecule has 2 rings (SSSR count). The van der Waals surface area contributed by atoms with Gasteiger partial charge in [-0.3, -0.25) is 4.79 Å². The van der Waals surface area contributed by atoms with Gasteiger partial charge in [-0.05, 0) is 43.4 Å². The molecule has 1 amide bonds. The number of ether oxygens (including phenoxy) is 2. The van der Waals surface area contributed by atoms with Gasteiger partial charge in [0.05, 0.1) is 13.2 Å². The molecule has 1 aliphatic rings. The maximum absolute atomic E-state index is 12.7. The van der Waals surface area contributed by atoms with E-state index in [1.807, 2.05) is 29.2 Å². The minimum Gasteiger partial charge on any atom is -0.494 e. The largest absolute Gasteiger partial charge is 0.494 e. The standard InChI is InChI=1S/C20H29NO3/c1-3-5-14-24-19-8-6-7-18(15-19)20(22)21-11-9-17(10-12-21)16-23-13-4-2/h4,6-8,15,17H,2-3,5,9-14,16H2,1H3. The molecule has 0 spiro atoms. The number of hydrogen-bond acceptors (Lipinski definition) is 3. The Morgan fingerprint density at radius 2 is 2.17 bits per heavy atom. The number of rotatable bonds is 9. The number of amides is 1. The molecule has 0 atom stereocenters. The summed E-state index contributed by atoms with van der Waals surface area (Å²) in [6.07, 6.45) is 5.89. The Balaban J connectivity index is 1.84. The molecule has 4 nitrogen and oxygen atoms in total. The second-order valence-corrected chi connectivity index (χ2v) is 6.29. The summed E-state index contributed by atoms with van der Waals surface area (Å²) in [5.74, 6) is 1.42. The molecule has 0 unspecified atom stereocenters. The number of piperidine rings is 1. The summed E-state index contributed by atoms with van der Waals surface area (Å²) in [4.78, 5) is 14.6. The van der Waals surface area contributed by atoms with Crippen LogP contribution in [0.25, 0.3) is 0 Å². The van der Waals surface area contributed by atoms with Crippen LogP contribution in [0, 0.1) is 5.92 Å². The van der Waals surface area contributed by atoms with Crippen LogP contribution in [0.5, 0.6) is 5.75 Å². The van der Waals surface area contributed by atoms with E-state index in [0.717, 1.165) is 51.1 Å². The van der Waals surface area contributed by atoms with Gasteiger partial charge in [0, 0.05) is 25.3 Å². The molecule has 1 saturated heterocycles. The average molecular weight is 331 g/mol. The summed E-state index contributed by atoms with van der Waals surface area (Å²) < 4.78 is 11.2. The van der Waals surface area contributed by atoms with Crippen molar-refractivity contribution in [1.82, 2.24) is 4.90 Å². The fraction of sp³-hybridized carbons (Fsp3) is 0.550. The Morgan fingerprint density at radius 3 is 2.88 bits per heavy atom. The minimum absolute atomic E-state index is 0.0985. The summed E-state index contributed by atoms with van der Waals surface area (Å²) in [6, 6.07) is 7.53. The maximum atomic E-state index is 12.7. The molecule has 1 fully saturated rings. The van der Waals surface area contributed by atoms with Crippen LogP contribution in [0.3, 0.4) is 0 Å². The topological polar surface area (TPSA) is 38.8 Å². The number of hydrogen-bond donors (Lipinski definition) is 0. The highest BCUT2D eigenvalue weighted by atomic mass is 16.5. The van der Waals surface area contributed by atoms with Crippen molar-refractivity contribution in [1.29, 1.82) is 0 Å². The highest BCUT2D eigenvalue weighted by molar-refractivity contribution is 5.94. The van der Waals surface area contributed by atoms with Gasteiger partial charge in [-0.25, -0.2) is 0 Å². The van der Waals surface area contributed by atoms with E-state index in [1.54, 1.807) is 6.08 Å². The lowest BCUT2D eigenvalue weighted by Gasteiger charge is -2.32. The predicted molar refractivity (Wildman–Crippen MR) is 96.5 cm³/mol. The number of unbranched alkanes of at least 4 members (excludes halogenated alkanes) is 1. The Kier molecular flexibility index (Phi) is 7.83. The van der Waals surface area contributed by atoms with E-state index in [9.17, 15) is 4.79 Å². The van der Waals surface area contributed by atoms with Crippen LogP contribution < -0.4 is 4.74 Å². The second kappa shape index (κ2) is 10.1. The molecule has 0 aromatic heterocycles. The quantitative estimate of drug-likeness (QED) is 0.508. The number of carbonyl (C=O) groups is 1. The lowest BCUT2D eigenvalue weighted by Crippen LogP contribution is -2.39. The van der Waals surface area contributed by atoms with E-state index in [4.69, 9.17) is 9.47 Å². The molecule has 0 bridgehead atoms. The second-order valence-electron chi connectivity index (χ2n) is 6.29. The molecule has 0 aliphatic carbocycles. The third-order valence-electron chi connectivity index (χ3n) is 4.34. The first kappa shape index (κ1) is 18.5. The summed E-state index contributed by atoms with van der Waals surface area (Å²) >= 11 is 0. The van der Waals surface area contributed by atoms with Gasteiger partial charge in [0.25, 0.3) is 5.91 Å². The minimum atomic E-state index is 0.0985. The number of benzene rings is 1. The van der Waals surface area contributed by atoms with Gasteiger partial charge >= 0.3 is 0 Å². The van der Waals surface area contributed by atoms with E-state index in [0.29, 0.717) is 24.7 Å². The fourth-order valence-corrected chi connectivity index (χ4v) is 2.86. The van der Waals surface area contributed by atoms with Crippen molar-refractivity contribution in [3.05, 3.63) is 42.5 Å². The molecule has 1 heterocycles. The molecule has 1 aromatic carbocycles. The Labute approximate surface area is 145 Å². The van der Waals surface area contributed by atoms with Crippen molar-refractivity contribution in [2.75, 3.05) is 32.9 Å². The van der Waals surface area contributed by atoms with Crippen molar-refractivity contribution in [2.24, 2.45) is 5.92 Å². The molecule has 0 radical (unpaired) electrons. The highest BCUT2D eigenvalue weighted by Crippen LogP contribution is 2.21. The first-order chi connectivity index (χ1) is 11.7. The molecule has 4 heteroatoms. The van der Waals surface area contributed by atoms with Gasteiger partial charge < -0.3 is 14.4 Å². The van der Waals surface area contributed by atoms with Gasteiger partial charge in [-0.1, -0.05) is 25.5 Å². The molecule has 1 aromatic rings. The van der Waals surface area contributed by atoms with Crippen molar-refractivity contribution in [2.45, 2.75) is 32.6 Å². The van der Waals surface area contributed by atoms with Crippen LogP contribution in [0.1, 0.15) is 43.0 Å². The van der Waals surface area contributed by atoms with Crippen LogP contribution in [0.4, 0.5) is 0 Å². The lowest BCUT2D eigenvalue weighted by molar-refractivity contribution is 0.0575. The Hall–Kier alpha value is -1.81. The van der Waals surface area contributed by atoms with E-state index in [1.165, 1.54) is 0 Å². The fourth-order valence-electron chi connectivity index (χ4n) is 2.86. The molecular weight excluding hydrogens is 302 g/mol. The molecule has 24 heavy (non-hydrogen) atoms. The molecule has 1 aliphatic heterocycles. The molecule has 0 saturated carbocycles. The molecule has 132 valence electrons. The monoisotopic (exact) mass is 331 g/mol. The molecular formula is C20H29NO3. The van der Waals surface area contributed by atoms with Crippen LogP contribution in [0.15, 0.2) is 36.9 Å². The zero-order valence-corrected chi connectivity index (χ0v) is 14.7. The van der Waals surface area contributed by atoms with Crippen molar-refractivity contribution < 1.29 is 14.3 Å². The van der Waals surface area contributed by atoms with E-state index in [-0.39, 0.29) is 5.91 Å². The first-order valence-corrected chi connectivity index (χ1v) is 8.95. The third kappa shape index (κ3) is 5.68. The van der Waals surface area contributed by atoms with Gasteiger partial charge in [0.2, 0.25) is 0 Å². The first-order valence-electron chi connectivity index (χ1n) is 8.95. The number of carbonyl (C=O) groups excluding carboxylic acids is 1.